The molecule has 111 heavy (non-hydrogen) atoms. The molecule has 0 radical (unpaired) electrons. The van der Waals surface area contributed by atoms with E-state index in [9.17, 15) is 103 Å². The number of H-pyrrole nitrogens is 2. The van der Waals surface area contributed by atoms with Crippen molar-refractivity contribution in [3.8, 4) is 5.75 Å². The van der Waals surface area contributed by atoms with E-state index >= 15 is 19.2 Å². The fraction of sp³-hybridized carbons (Fsp3) is 0.403. The lowest BCUT2D eigenvalue weighted by Gasteiger charge is -2.30. The molecule has 0 aliphatic carbocycles. The number of phosphoric acid groups is 1. The van der Waals surface area contributed by atoms with Crippen molar-refractivity contribution in [2.45, 2.75) is 145 Å². The number of aliphatic hydroxyl groups excluding tert-OH is 1. The Labute approximate surface area is 626 Å². The average molecular weight is 1580 g/mol. The molecule has 598 valence electrons. The third-order valence-corrected chi connectivity index (χ3v) is 17.6. The standard InChI is InChI=1S/C67H81N14O29P/c1-4-9-45-56(109-45)66(102)77-44(27-82)61(97)80-53-30(3)108-67(103)43(20-33-25-70-38-13-8-6-11-36(33)38)76-62(98)52(29(2)18-48(85)86)79-65(101)55(46(28-107-68)110-111(104,105)106)78-47(84)26-71-57(93)40(21-49(87)88)75-64(100)54(31-14-16-34(83)17-15-31)81-60(96)42(23-51(91)92)73-59(95)41(22-50(89)90)72-58(94)39(74-63(53)99)19-32-24-69-37-12-7-5-10-35(32)37/h5-8,10-17,20,24-25,29-30,39-42,44-46,52-56,69-70,82-83H,4,9,18-19,21-23,26-28,68H2,1-3H3,(H,71,93)(H,72,94)(H,73,95)(H,74,99)(H,75,100)(H,76,98)(H,77,102)(H,78,84)(H,79,101)(H,80,97)(H,81,96)(H,85,86)(H,87,88)(H,89,90)(H,91,92)(H2,104,105,106). The van der Waals surface area contributed by atoms with Crippen molar-refractivity contribution in [1.82, 2.24) is 68.5 Å². The van der Waals surface area contributed by atoms with E-state index in [1.54, 1.807) is 49.4 Å². The molecule has 0 saturated carbocycles. The Balaban J connectivity index is 1.41. The van der Waals surface area contributed by atoms with E-state index in [0.29, 0.717) is 34.6 Å². The van der Waals surface area contributed by atoms with E-state index in [1.807, 2.05) is 21.3 Å². The first-order valence-corrected chi connectivity index (χ1v) is 35.3. The number of phosphoric ester groups is 1. The van der Waals surface area contributed by atoms with Crippen LogP contribution in [-0.2, 0) is 107 Å². The average Bonchev–Trinajstić information content (AvgIpc) is 1.78. The molecule has 2 fully saturated rings. The summed E-state index contributed by atoms with van der Waals surface area (Å²) in [5.41, 5.74) is -0.169. The van der Waals surface area contributed by atoms with Gasteiger partial charge in [0.1, 0.15) is 78.0 Å². The van der Waals surface area contributed by atoms with Gasteiger partial charge in [-0.2, -0.15) is 0 Å². The van der Waals surface area contributed by atoms with Crippen molar-refractivity contribution in [3.63, 3.8) is 0 Å². The van der Waals surface area contributed by atoms with Crippen LogP contribution in [0.5, 0.6) is 5.75 Å². The van der Waals surface area contributed by atoms with E-state index in [0.717, 1.165) is 44.2 Å². The number of phenols is 1. The summed E-state index contributed by atoms with van der Waals surface area (Å²) in [7, 11) is -5.83. The van der Waals surface area contributed by atoms with Crippen LogP contribution in [0.15, 0.2) is 90.9 Å². The molecule has 3 aromatic carbocycles. The molecule has 2 aliphatic heterocycles. The topological polar surface area (TPSA) is 682 Å². The molecule has 2 aliphatic rings. The summed E-state index contributed by atoms with van der Waals surface area (Å²) >= 11 is 0. The van der Waals surface area contributed by atoms with Crippen LogP contribution in [0, 0.1) is 5.92 Å². The number of fused-ring (bicyclic) bond motifs is 2. The van der Waals surface area contributed by atoms with Crippen LogP contribution in [-0.4, -0.2) is 238 Å². The number of esters is 1. The molecule has 7 rings (SSSR count). The molecule has 23 N–H and O–H groups in total. The number of aromatic hydroxyl groups is 1. The Morgan fingerprint density at radius 2 is 1.23 bits per heavy atom. The zero-order valence-electron chi connectivity index (χ0n) is 59.0. The van der Waals surface area contributed by atoms with Crippen LogP contribution in [0.25, 0.3) is 27.9 Å². The molecule has 2 saturated heterocycles. The van der Waals surface area contributed by atoms with Crippen LogP contribution in [0.1, 0.15) is 82.0 Å². The van der Waals surface area contributed by atoms with Crippen molar-refractivity contribution in [1.29, 1.82) is 0 Å². The number of nitrogens with one attached hydrogen (secondary N) is 13. The summed E-state index contributed by atoms with van der Waals surface area (Å²) in [5, 5.41) is 85.4. The van der Waals surface area contributed by atoms with Crippen molar-refractivity contribution < 1.29 is 141 Å². The van der Waals surface area contributed by atoms with Gasteiger partial charge in [0.2, 0.25) is 59.1 Å². The lowest BCUT2D eigenvalue weighted by atomic mass is 9.96. The van der Waals surface area contributed by atoms with Crippen molar-refractivity contribution in [2.24, 2.45) is 11.8 Å². The van der Waals surface area contributed by atoms with Gasteiger partial charge in [0, 0.05) is 46.2 Å². The van der Waals surface area contributed by atoms with E-state index in [1.165, 1.54) is 18.5 Å². The number of nitrogens with two attached hydrogens (primary N) is 1. The number of cyclic esters (lactones) is 1. The normalized spacial score (nSPS) is 23.8. The first kappa shape index (κ1) is 86.0. The van der Waals surface area contributed by atoms with E-state index in [2.05, 4.69) is 52.0 Å². The number of aliphatic hydroxyl groups is 1. The van der Waals surface area contributed by atoms with Crippen molar-refractivity contribution >= 4 is 131 Å². The molecule has 5 aromatic rings. The first-order valence-electron chi connectivity index (χ1n) is 33.8. The minimum Gasteiger partial charge on any atom is -0.508 e. The zero-order chi connectivity index (χ0) is 81.7. The summed E-state index contributed by atoms with van der Waals surface area (Å²) in [6.45, 7) is 0.0264. The number of para-hydroxylation sites is 2. The van der Waals surface area contributed by atoms with E-state index < -0.39 is 251 Å². The van der Waals surface area contributed by atoms with Gasteiger partial charge in [-0.3, -0.25) is 76.4 Å². The highest BCUT2D eigenvalue weighted by Gasteiger charge is 2.46. The lowest BCUT2D eigenvalue weighted by Crippen LogP contribution is -2.62. The number of ether oxygens (including phenoxy) is 2. The number of carbonyl (C=O) groups is 16. The lowest BCUT2D eigenvalue weighted by molar-refractivity contribution is -0.150. The number of carboxylic acids is 4. The van der Waals surface area contributed by atoms with Gasteiger partial charge in [-0.15, -0.1) is 0 Å². The smallest absolute Gasteiger partial charge is 0.470 e. The van der Waals surface area contributed by atoms with Gasteiger partial charge in [-0.25, -0.2) is 15.3 Å². The highest BCUT2D eigenvalue weighted by Crippen LogP contribution is 2.38. The second-order valence-corrected chi connectivity index (χ2v) is 26.7. The van der Waals surface area contributed by atoms with Crippen molar-refractivity contribution in [3.05, 3.63) is 108 Å². The van der Waals surface area contributed by atoms with Gasteiger partial charge in [-0.05, 0) is 60.7 Å². The molecule has 0 spiro atoms. The molecule has 14 unspecified atom stereocenters. The second-order valence-electron chi connectivity index (χ2n) is 25.5. The maximum atomic E-state index is 15.4. The highest BCUT2D eigenvalue weighted by molar-refractivity contribution is 7.46. The van der Waals surface area contributed by atoms with Gasteiger partial charge in [0.25, 0.3) is 5.91 Å². The third-order valence-electron chi connectivity index (χ3n) is 17.1. The Morgan fingerprint density at radius 3 is 1.81 bits per heavy atom. The number of aromatic amines is 2. The van der Waals surface area contributed by atoms with Crippen LogP contribution >= 0.6 is 7.82 Å². The molecule has 14 atom stereocenters. The first-order chi connectivity index (χ1) is 52.5. The van der Waals surface area contributed by atoms with Gasteiger partial charge < -0.3 is 123 Å². The molecule has 4 heterocycles. The molecular weight excluding hydrogens is 1500 g/mol. The number of carboxylic acid groups (broad SMARTS) is 4. The Bertz CT molecular complexity index is 4430. The number of benzene rings is 3. The Morgan fingerprint density at radius 1 is 0.667 bits per heavy atom. The molecule has 43 nitrogen and oxygen atoms in total. The summed E-state index contributed by atoms with van der Waals surface area (Å²) in [6.07, 6.45) is -7.42. The maximum Gasteiger partial charge on any atom is 0.470 e. The number of aromatic nitrogens is 2. The van der Waals surface area contributed by atoms with Crippen LogP contribution < -0.4 is 64.4 Å². The maximum absolute atomic E-state index is 15.4. The molecule has 0 bridgehead atoms. The number of hydrogen-bond acceptors (Lipinski definition) is 24. The molecule has 44 heteroatoms. The summed E-state index contributed by atoms with van der Waals surface area (Å²) in [5.74, 6) is -22.0. The minimum absolute atomic E-state index is 0.0630. The predicted octanol–water partition coefficient (Wildman–Crippen LogP) is -4.69. The summed E-state index contributed by atoms with van der Waals surface area (Å²) in [4.78, 5) is 255. The Kier molecular flexibility index (Phi) is 30.4. The highest BCUT2D eigenvalue weighted by atomic mass is 31.2. The summed E-state index contributed by atoms with van der Waals surface area (Å²) in [6, 6.07) is -3.90. The predicted molar refractivity (Wildman–Crippen MR) is 375 cm³/mol. The van der Waals surface area contributed by atoms with Gasteiger partial charge >= 0.3 is 37.7 Å². The van der Waals surface area contributed by atoms with Gasteiger partial charge in [0.05, 0.1) is 51.5 Å². The zero-order valence-corrected chi connectivity index (χ0v) is 59.9. The van der Waals surface area contributed by atoms with Gasteiger partial charge in [-0.1, -0.05) is 68.8 Å². The number of aliphatic carboxylic acids is 4. The summed E-state index contributed by atoms with van der Waals surface area (Å²) < 4.78 is 28.5. The number of amides is 11. The molecule has 2 aromatic heterocycles. The SMILES string of the molecule is CCCC1OC1C(=O)NC(CO)C(=O)NC1C(=O)NC(Cc2c[nH]c3ccccc23)C(=O)NC(CC(=O)O)C(=O)NC(CC(=O)O)C(=O)NC(c2ccc(O)cc2)C(=O)NC(CC(=O)O)C(=O)NCC(=O)NC(C(CON)OP(=O)(O)O)C(=O)NC(C(C)CC(=O)O)C(=O)NC(=Cc2c[nH]c3ccccc23)C(=O)OC1C. The number of phenolic OH excluding ortho intramolecular Hbond substituents is 1. The van der Waals surface area contributed by atoms with E-state index in [4.69, 9.17) is 19.9 Å². The number of rotatable bonds is 25. The third kappa shape index (κ3) is 24.9. The van der Waals surface area contributed by atoms with Crippen LogP contribution in [0.2, 0.25) is 0 Å². The quantitative estimate of drug-likeness (QED) is 0.00858. The minimum atomic E-state index is -5.83. The number of epoxide rings is 1. The molecule has 11 amide bonds. The fourth-order valence-corrected chi connectivity index (χ4v) is 12.1. The second kappa shape index (κ2) is 39.2. The van der Waals surface area contributed by atoms with Gasteiger partial charge in [0.15, 0.2) is 6.10 Å². The van der Waals surface area contributed by atoms with Crippen LogP contribution in [0.4, 0.5) is 0 Å². The monoisotopic (exact) mass is 1580 g/mol. The number of hydrogen-bond donors (Lipinski definition) is 22. The molecular formula is C67H81N14O29P. The van der Waals surface area contributed by atoms with E-state index in [-0.39, 0.29) is 16.7 Å². The van der Waals surface area contributed by atoms with Crippen LogP contribution in [0.3, 0.4) is 0 Å². The van der Waals surface area contributed by atoms with Crippen molar-refractivity contribution in [2.75, 3.05) is 19.8 Å². The fourth-order valence-electron chi connectivity index (χ4n) is 11.6. The largest absolute Gasteiger partial charge is 0.508 e. The Hall–Kier alpha value is -12.2. The number of carbonyl (C=O) groups excluding carboxylic acids is 12.